The van der Waals surface area contributed by atoms with Crippen molar-refractivity contribution in [3.8, 4) is 11.5 Å². The summed E-state index contributed by atoms with van der Waals surface area (Å²) >= 11 is 1.18. The van der Waals surface area contributed by atoms with Gasteiger partial charge < -0.3 is 10.2 Å². The monoisotopic (exact) mass is 409 g/mol. The molecule has 0 amide bonds. The number of alkyl halides is 3. The lowest BCUT2D eigenvalue weighted by Crippen LogP contribution is -2.27. The van der Waals surface area contributed by atoms with Crippen molar-refractivity contribution >= 4 is 24.2 Å². The van der Waals surface area contributed by atoms with Crippen molar-refractivity contribution in [3.63, 3.8) is 0 Å². The van der Waals surface area contributed by atoms with Crippen LogP contribution in [0.2, 0.25) is 0 Å². The highest BCUT2D eigenvalue weighted by atomic mass is 35.5. The normalized spacial score (nSPS) is 20.6. The Kier molecular flexibility index (Phi) is 6.81. The van der Waals surface area contributed by atoms with Crippen LogP contribution in [0.25, 0.3) is 11.5 Å². The smallest absolute Gasteiger partial charge is 0.388 e. The van der Waals surface area contributed by atoms with Gasteiger partial charge in [0.1, 0.15) is 0 Å². The van der Waals surface area contributed by atoms with Crippen molar-refractivity contribution in [2.45, 2.75) is 42.8 Å². The zero-order chi connectivity index (χ0) is 18.0. The predicted octanol–water partition coefficient (Wildman–Crippen LogP) is 4.08. The van der Waals surface area contributed by atoms with Crippen molar-refractivity contribution in [3.05, 3.63) is 34.3 Å². The Morgan fingerprint density at radius 3 is 2.54 bits per heavy atom. The summed E-state index contributed by atoms with van der Waals surface area (Å²) in [7, 11) is 0. The molecule has 0 aliphatic heterocycles. The Hall–Kier alpha value is -1.45. The second-order valence-corrected chi connectivity index (χ2v) is 7.28. The van der Waals surface area contributed by atoms with Crippen LogP contribution >= 0.6 is 24.2 Å². The van der Waals surface area contributed by atoms with E-state index in [-0.39, 0.29) is 29.2 Å². The summed E-state index contributed by atoms with van der Waals surface area (Å²) in [6, 6.07) is 3.84. The van der Waals surface area contributed by atoms with Crippen molar-refractivity contribution in [2.24, 2.45) is 11.7 Å². The van der Waals surface area contributed by atoms with E-state index in [0.29, 0.717) is 17.2 Å². The minimum absolute atomic E-state index is 0. The second kappa shape index (κ2) is 8.49. The average molecular weight is 410 g/mol. The van der Waals surface area contributed by atoms with Gasteiger partial charge in [-0.2, -0.15) is 13.2 Å². The first-order valence-electron chi connectivity index (χ1n) is 7.98. The third-order valence-corrected chi connectivity index (χ3v) is 5.62. The average Bonchev–Trinajstić information content (AvgIpc) is 3.00. The highest BCUT2D eigenvalue weighted by Crippen LogP contribution is 2.40. The Balaban J connectivity index is 0.00000243. The number of nitrogens with one attached hydrogen (secondary N) is 1. The molecule has 0 atom stereocenters. The lowest BCUT2D eigenvalue weighted by molar-refractivity contribution is -0.139. The number of halogens is 4. The first kappa shape index (κ1) is 20.9. The highest BCUT2D eigenvalue weighted by Gasteiger charge is 2.34. The van der Waals surface area contributed by atoms with Crippen LogP contribution in [-0.4, -0.2) is 22.0 Å². The van der Waals surface area contributed by atoms with Gasteiger partial charge in [0.25, 0.3) is 0 Å². The molecule has 0 spiro atoms. The highest BCUT2D eigenvalue weighted by molar-refractivity contribution is 7.99. The third kappa shape index (κ3) is 5.05. The molecule has 1 heterocycles. The van der Waals surface area contributed by atoms with E-state index in [1.54, 1.807) is 0 Å². The van der Waals surface area contributed by atoms with Gasteiger partial charge in [-0.05, 0) is 49.8 Å². The molecule has 0 radical (unpaired) electrons. The maximum Gasteiger partial charge on any atom is 0.434 e. The minimum atomic E-state index is -4.44. The van der Waals surface area contributed by atoms with E-state index < -0.39 is 17.5 Å². The summed E-state index contributed by atoms with van der Waals surface area (Å²) in [4.78, 5) is 11.2. The number of thioether (sulfide) groups is 1. The molecule has 1 aromatic heterocycles. The topological polar surface area (TPSA) is 84.9 Å². The van der Waals surface area contributed by atoms with Gasteiger partial charge in [-0.15, -0.1) is 29.3 Å². The zero-order valence-electron chi connectivity index (χ0n) is 13.7. The Labute approximate surface area is 158 Å². The van der Waals surface area contributed by atoms with Crippen molar-refractivity contribution in [1.29, 1.82) is 0 Å². The molecule has 0 saturated heterocycles. The van der Waals surface area contributed by atoms with Crippen LogP contribution in [0.1, 0.15) is 31.2 Å². The molecule has 1 aromatic carbocycles. The van der Waals surface area contributed by atoms with Crippen LogP contribution in [0, 0.1) is 5.92 Å². The number of nitrogens with zero attached hydrogens (tertiary/aromatic N) is 1. The number of aromatic nitrogens is 2. The van der Waals surface area contributed by atoms with Crippen molar-refractivity contribution in [2.75, 3.05) is 5.75 Å². The Morgan fingerprint density at radius 2 is 1.96 bits per heavy atom. The van der Waals surface area contributed by atoms with Gasteiger partial charge in [-0.1, -0.05) is 0 Å². The SMILES string of the molecule is Cl.NC1CCC(CSc2cc(-c3n[nH]c(=O)o3)ccc2C(F)(F)F)CC1. The summed E-state index contributed by atoms with van der Waals surface area (Å²) in [5.41, 5.74) is 5.51. The standard InChI is InChI=1S/C16H18F3N3O2S.ClH/c17-16(18,19)12-6-3-10(14-21-22-15(23)24-14)7-13(12)25-8-9-1-4-11(20)5-2-9;/h3,6-7,9,11H,1-2,4-5,8,20H2,(H,22,23);1H. The molecule has 144 valence electrons. The van der Waals surface area contributed by atoms with Gasteiger partial charge in [0.15, 0.2) is 0 Å². The molecule has 10 heteroatoms. The zero-order valence-corrected chi connectivity index (χ0v) is 15.3. The van der Waals surface area contributed by atoms with E-state index >= 15 is 0 Å². The molecule has 3 rings (SSSR count). The molecular weight excluding hydrogens is 391 g/mol. The molecular formula is C16H19ClF3N3O2S. The van der Waals surface area contributed by atoms with Gasteiger partial charge in [0.2, 0.25) is 5.89 Å². The first-order chi connectivity index (χ1) is 11.8. The fourth-order valence-electron chi connectivity index (χ4n) is 2.92. The number of benzene rings is 1. The predicted molar refractivity (Wildman–Crippen MR) is 95.5 cm³/mol. The summed E-state index contributed by atoms with van der Waals surface area (Å²) < 4.78 is 44.7. The molecule has 2 aromatic rings. The summed E-state index contributed by atoms with van der Waals surface area (Å²) in [6.07, 6.45) is -0.749. The summed E-state index contributed by atoms with van der Waals surface area (Å²) in [5, 5.41) is 5.77. The molecule has 3 N–H and O–H groups in total. The summed E-state index contributed by atoms with van der Waals surface area (Å²) in [6.45, 7) is 0. The fraction of sp³-hybridized carbons (Fsp3) is 0.500. The van der Waals surface area contributed by atoms with E-state index in [1.165, 1.54) is 23.9 Å². The number of aromatic amines is 1. The van der Waals surface area contributed by atoms with Crippen LogP contribution < -0.4 is 11.5 Å². The van der Waals surface area contributed by atoms with Gasteiger partial charge in [0, 0.05) is 22.3 Å². The molecule has 0 bridgehead atoms. The van der Waals surface area contributed by atoms with Crippen LogP contribution in [-0.2, 0) is 6.18 Å². The van der Waals surface area contributed by atoms with Crippen LogP contribution in [0.3, 0.4) is 0 Å². The van der Waals surface area contributed by atoms with E-state index in [9.17, 15) is 18.0 Å². The molecule has 1 saturated carbocycles. The van der Waals surface area contributed by atoms with Gasteiger partial charge >= 0.3 is 11.9 Å². The summed E-state index contributed by atoms with van der Waals surface area (Å²) in [5.74, 6) is 0.189. The van der Waals surface area contributed by atoms with Gasteiger partial charge in [0.05, 0.1) is 5.56 Å². The molecule has 5 nitrogen and oxygen atoms in total. The van der Waals surface area contributed by atoms with Gasteiger partial charge in [-0.25, -0.2) is 9.89 Å². The van der Waals surface area contributed by atoms with E-state index in [1.807, 2.05) is 0 Å². The first-order valence-corrected chi connectivity index (χ1v) is 8.97. The van der Waals surface area contributed by atoms with Crippen LogP contribution in [0.15, 0.2) is 32.3 Å². The van der Waals surface area contributed by atoms with E-state index in [4.69, 9.17) is 10.2 Å². The van der Waals surface area contributed by atoms with E-state index in [2.05, 4.69) is 10.2 Å². The molecule has 1 aliphatic carbocycles. The van der Waals surface area contributed by atoms with Crippen molar-refractivity contribution < 1.29 is 17.6 Å². The lowest BCUT2D eigenvalue weighted by Gasteiger charge is -2.26. The van der Waals surface area contributed by atoms with E-state index in [0.717, 1.165) is 31.7 Å². The molecule has 0 unspecified atom stereocenters. The molecule has 1 aliphatic rings. The number of hydrogen-bond acceptors (Lipinski definition) is 5. The molecule has 1 fully saturated rings. The number of H-pyrrole nitrogens is 1. The number of hydrogen-bond donors (Lipinski definition) is 2. The largest absolute Gasteiger partial charge is 0.434 e. The Bertz CT molecular complexity index is 786. The number of nitrogens with two attached hydrogens (primary N) is 1. The van der Waals surface area contributed by atoms with Crippen LogP contribution in [0.4, 0.5) is 13.2 Å². The van der Waals surface area contributed by atoms with Crippen molar-refractivity contribution in [1.82, 2.24) is 10.2 Å². The fourth-order valence-corrected chi connectivity index (χ4v) is 4.22. The van der Waals surface area contributed by atoms with Gasteiger partial charge in [-0.3, -0.25) is 0 Å². The number of rotatable bonds is 4. The Morgan fingerprint density at radius 1 is 1.27 bits per heavy atom. The maximum absolute atomic E-state index is 13.3. The lowest BCUT2D eigenvalue weighted by atomic mass is 9.88. The quantitative estimate of drug-likeness (QED) is 0.743. The van der Waals surface area contributed by atoms with Crippen LogP contribution in [0.5, 0.6) is 0 Å². The second-order valence-electron chi connectivity index (χ2n) is 6.22. The molecule has 26 heavy (non-hydrogen) atoms. The minimum Gasteiger partial charge on any atom is -0.388 e. The third-order valence-electron chi connectivity index (χ3n) is 4.34. The maximum atomic E-state index is 13.3.